The zero-order valence-electron chi connectivity index (χ0n) is 19.6. The number of carbonyl (C=O) groups is 2. The lowest BCUT2D eigenvalue weighted by molar-refractivity contribution is -0.138. The first-order chi connectivity index (χ1) is 15.8. The van der Waals surface area contributed by atoms with E-state index < -0.39 is 5.92 Å². The van der Waals surface area contributed by atoms with Gasteiger partial charge < -0.3 is 10.1 Å². The number of nitrogens with one attached hydrogen (secondary N) is 1. The number of hydrogen-bond donors (Lipinski definition) is 1. The van der Waals surface area contributed by atoms with E-state index in [1.807, 2.05) is 38.1 Å². The third kappa shape index (κ3) is 3.54. The van der Waals surface area contributed by atoms with Crippen molar-refractivity contribution in [2.24, 2.45) is 5.41 Å². The van der Waals surface area contributed by atoms with E-state index in [0.717, 1.165) is 44.9 Å². The molecule has 1 N–H and O–H groups in total. The fraction of sp³-hybridized carbons (Fsp3) is 0.310. The molecule has 0 amide bonds. The number of ketones is 1. The second-order valence-corrected chi connectivity index (χ2v) is 9.88. The Bertz CT molecular complexity index is 1320. The van der Waals surface area contributed by atoms with Gasteiger partial charge in [-0.1, -0.05) is 62.4 Å². The average Bonchev–Trinajstić information content (AvgIpc) is 2.75. The molecule has 1 aliphatic carbocycles. The van der Waals surface area contributed by atoms with Crippen LogP contribution in [0.15, 0.2) is 77.1 Å². The molecule has 4 heteroatoms. The van der Waals surface area contributed by atoms with Gasteiger partial charge in [0.2, 0.25) is 0 Å². The molecule has 0 fully saturated rings. The van der Waals surface area contributed by atoms with E-state index in [9.17, 15) is 9.59 Å². The van der Waals surface area contributed by atoms with E-state index in [2.05, 4.69) is 49.5 Å². The van der Waals surface area contributed by atoms with E-state index in [1.54, 1.807) is 0 Å². The Balaban J connectivity index is 1.88. The number of fused-ring (bicyclic) bond motifs is 2. The van der Waals surface area contributed by atoms with Crippen LogP contribution in [0.25, 0.3) is 21.5 Å². The minimum atomic E-state index is -0.472. The zero-order valence-corrected chi connectivity index (χ0v) is 19.6. The van der Waals surface area contributed by atoms with E-state index in [-0.39, 0.29) is 23.8 Å². The van der Waals surface area contributed by atoms with E-state index >= 15 is 0 Å². The fourth-order valence-corrected chi connectivity index (χ4v) is 5.56. The summed E-state index contributed by atoms with van der Waals surface area (Å²) in [6.07, 6.45) is 1.22. The number of esters is 1. The van der Waals surface area contributed by atoms with Crippen molar-refractivity contribution < 1.29 is 14.3 Å². The van der Waals surface area contributed by atoms with Gasteiger partial charge in [-0.3, -0.25) is 4.79 Å². The molecule has 33 heavy (non-hydrogen) atoms. The van der Waals surface area contributed by atoms with Crippen LogP contribution < -0.4 is 5.32 Å². The monoisotopic (exact) mass is 439 g/mol. The van der Waals surface area contributed by atoms with Crippen LogP contribution in [0, 0.1) is 5.41 Å². The van der Waals surface area contributed by atoms with Gasteiger partial charge >= 0.3 is 5.97 Å². The van der Waals surface area contributed by atoms with Gasteiger partial charge in [0.1, 0.15) is 0 Å². The number of allylic oxidation sites excluding steroid dienone is 3. The summed E-state index contributed by atoms with van der Waals surface area (Å²) in [6.45, 7) is 8.26. The van der Waals surface area contributed by atoms with Gasteiger partial charge in [-0.05, 0) is 58.9 Å². The van der Waals surface area contributed by atoms with Crippen molar-refractivity contribution in [3.63, 3.8) is 0 Å². The van der Waals surface area contributed by atoms with Crippen molar-refractivity contribution in [3.8, 4) is 0 Å². The van der Waals surface area contributed by atoms with Gasteiger partial charge in [0.05, 0.1) is 12.2 Å². The maximum atomic E-state index is 13.7. The molecule has 3 aromatic carbocycles. The van der Waals surface area contributed by atoms with Crippen LogP contribution in [0.4, 0.5) is 0 Å². The second kappa shape index (κ2) is 7.87. The molecule has 0 bridgehead atoms. The van der Waals surface area contributed by atoms with E-state index in [1.165, 1.54) is 0 Å². The predicted octanol–water partition coefficient (Wildman–Crippen LogP) is 6.16. The zero-order chi connectivity index (χ0) is 23.3. The number of dihydropyridines is 1. The molecule has 4 nitrogen and oxygen atoms in total. The topological polar surface area (TPSA) is 55.4 Å². The molecule has 1 aliphatic heterocycles. The minimum absolute atomic E-state index is 0.102. The predicted molar refractivity (Wildman–Crippen MR) is 132 cm³/mol. The Morgan fingerprint density at radius 3 is 2.24 bits per heavy atom. The molecule has 3 aromatic rings. The number of Topliss-reactive ketones (excluding diaryl/α,β-unsaturated/α-hetero) is 1. The third-order valence-electron chi connectivity index (χ3n) is 6.84. The summed E-state index contributed by atoms with van der Waals surface area (Å²) in [5, 5.41) is 7.73. The molecule has 0 saturated carbocycles. The molecular formula is C29H29NO3. The van der Waals surface area contributed by atoms with Crippen LogP contribution in [0.2, 0.25) is 0 Å². The molecule has 2 aliphatic rings. The summed E-state index contributed by atoms with van der Waals surface area (Å²) in [7, 11) is 0. The maximum absolute atomic E-state index is 13.7. The average molecular weight is 440 g/mol. The summed E-state index contributed by atoms with van der Waals surface area (Å²) in [5.41, 5.74) is 3.82. The molecule has 1 heterocycles. The third-order valence-corrected chi connectivity index (χ3v) is 6.84. The van der Waals surface area contributed by atoms with Crippen molar-refractivity contribution in [1.82, 2.24) is 5.32 Å². The van der Waals surface area contributed by atoms with Crippen molar-refractivity contribution in [2.75, 3.05) is 6.61 Å². The minimum Gasteiger partial charge on any atom is -0.463 e. The van der Waals surface area contributed by atoms with E-state index in [0.29, 0.717) is 17.6 Å². The van der Waals surface area contributed by atoms with Crippen molar-refractivity contribution in [1.29, 1.82) is 0 Å². The van der Waals surface area contributed by atoms with Crippen LogP contribution in [0.3, 0.4) is 0 Å². The van der Waals surface area contributed by atoms with Gasteiger partial charge in [-0.2, -0.15) is 0 Å². The number of hydrogen-bond acceptors (Lipinski definition) is 4. The molecule has 168 valence electrons. The number of benzene rings is 3. The molecule has 0 saturated heterocycles. The highest BCUT2D eigenvalue weighted by Crippen LogP contribution is 2.49. The van der Waals surface area contributed by atoms with Crippen LogP contribution in [0.5, 0.6) is 0 Å². The van der Waals surface area contributed by atoms with Crippen LogP contribution in [-0.2, 0) is 14.3 Å². The standard InChI is InChI=1S/C29H29NO3/c1-5-33-28(32)24-17(2)30-22-15-29(3,4)16-23(31)26(22)27(24)25-20-12-8-6-10-18(20)14-19-11-7-9-13-21(19)25/h6-14,27,30H,5,15-16H2,1-4H3. The van der Waals surface area contributed by atoms with Crippen molar-refractivity contribution >= 4 is 33.3 Å². The lowest BCUT2D eigenvalue weighted by Gasteiger charge is -2.40. The SMILES string of the molecule is CCOC(=O)C1=C(C)NC2=C(C(=O)CC(C)(C)C2)C1c1c2ccccc2cc2ccccc12. The number of rotatable bonds is 3. The highest BCUT2D eigenvalue weighted by Gasteiger charge is 2.44. The molecule has 1 atom stereocenters. The Morgan fingerprint density at radius 1 is 1.03 bits per heavy atom. The Hall–Kier alpha value is -3.40. The van der Waals surface area contributed by atoms with Crippen LogP contribution in [0.1, 0.15) is 52.0 Å². The molecule has 0 radical (unpaired) electrons. The van der Waals surface area contributed by atoms with Gasteiger partial charge in [0.25, 0.3) is 0 Å². The van der Waals surface area contributed by atoms with Gasteiger partial charge in [0, 0.05) is 29.3 Å². The van der Waals surface area contributed by atoms with Crippen LogP contribution in [-0.4, -0.2) is 18.4 Å². The summed E-state index contributed by atoms with van der Waals surface area (Å²) >= 11 is 0. The fourth-order valence-electron chi connectivity index (χ4n) is 5.56. The highest BCUT2D eigenvalue weighted by molar-refractivity contribution is 6.10. The largest absolute Gasteiger partial charge is 0.463 e. The number of ether oxygens (including phenoxy) is 1. The first-order valence-electron chi connectivity index (χ1n) is 11.6. The van der Waals surface area contributed by atoms with Gasteiger partial charge in [-0.15, -0.1) is 0 Å². The first kappa shape index (κ1) is 21.4. The molecule has 0 aromatic heterocycles. The Labute approximate surface area is 194 Å². The lowest BCUT2D eigenvalue weighted by atomic mass is 9.67. The van der Waals surface area contributed by atoms with Gasteiger partial charge in [0.15, 0.2) is 5.78 Å². The Kier molecular flexibility index (Phi) is 5.12. The molecule has 5 rings (SSSR count). The van der Waals surface area contributed by atoms with Crippen molar-refractivity contribution in [3.05, 3.63) is 82.7 Å². The van der Waals surface area contributed by atoms with E-state index in [4.69, 9.17) is 4.74 Å². The smallest absolute Gasteiger partial charge is 0.336 e. The molecule has 0 spiro atoms. The second-order valence-electron chi connectivity index (χ2n) is 9.88. The lowest BCUT2D eigenvalue weighted by Crippen LogP contribution is -2.38. The summed E-state index contributed by atoms with van der Waals surface area (Å²) < 4.78 is 5.51. The van der Waals surface area contributed by atoms with Gasteiger partial charge in [-0.25, -0.2) is 4.79 Å². The Morgan fingerprint density at radius 2 is 1.64 bits per heavy atom. The normalized spacial score (nSPS) is 20.1. The summed E-state index contributed by atoms with van der Waals surface area (Å²) in [6, 6.07) is 18.6. The molecular weight excluding hydrogens is 410 g/mol. The number of carbonyl (C=O) groups excluding carboxylic acids is 2. The highest BCUT2D eigenvalue weighted by atomic mass is 16.5. The summed E-state index contributed by atoms with van der Waals surface area (Å²) in [5.74, 6) is -0.737. The van der Waals surface area contributed by atoms with Crippen LogP contribution >= 0.6 is 0 Å². The summed E-state index contributed by atoms with van der Waals surface area (Å²) in [4.78, 5) is 27.0. The first-order valence-corrected chi connectivity index (χ1v) is 11.6. The van der Waals surface area contributed by atoms with Crippen molar-refractivity contribution in [2.45, 2.75) is 46.5 Å². The molecule has 1 unspecified atom stereocenters. The maximum Gasteiger partial charge on any atom is 0.336 e. The quantitative estimate of drug-likeness (QED) is 0.392.